The number of hydrogen-bond acceptors (Lipinski definition) is 2. The third kappa shape index (κ3) is 1.46. The molecule has 1 aromatic heterocycles. The van der Waals surface area contributed by atoms with Gasteiger partial charge in [-0.2, -0.15) is 0 Å². The molecule has 0 fully saturated rings. The van der Waals surface area contributed by atoms with Gasteiger partial charge in [-0.15, -0.1) is 0 Å². The summed E-state index contributed by atoms with van der Waals surface area (Å²) in [6.45, 7) is 10.8. The van der Waals surface area contributed by atoms with Crippen LogP contribution < -0.4 is 5.32 Å². The van der Waals surface area contributed by atoms with E-state index in [1.807, 2.05) is 0 Å². The Bertz CT molecular complexity index is 344. The molecule has 0 spiro atoms. The number of nitrogens with zero attached hydrogens (tertiary/aromatic N) is 2. The predicted octanol–water partition coefficient (Wildman–Crippen LogP) is 1.59. The van der Waals surface area contributed by atoms with Crippen molar-refractivity contribution in [2.24, 2.45) is 0 Å². The third-order valence-corrected chi connectivity index (χ3v) is 2.73. The number of nitrogens with one attached hydrogen (secondary N) is 1. The van der Waals surface area contributed by atoms with E-state index in [1.165, 1.54) is 11.4 Å². The molecule has 0 bridgehead atoms. The minimum atomic E-state index is 0.155. The molecular formula is C11H19N3. The van der Waals surface area contributed by atoms with Crippen LogP contribution in [0.4, 0.5) is 0 Å². The van der Waals surface area contributed by atoms with Crippen molar-refractivity contribution < 1.29 is 0 Å². The highest BCUT2D eigenvalue weighted by Gasteiger charge is 2.24. The lowest BCUT2D eigenvalue weighted by atomic mass is 10.1. The molecule has 2 rings (SSSR count). The molecule has 0 atom stereocenters. The van der Waals surface area contributed by atoms with Crippen molar-refractivity contribution in [3.05, 3.63) is 17.2 Å². The molecule has 3 heteroatoms. The zero-order valence-corrected chi connectivity index (χ0v) is 9.52. The molecule has 0 amide bonds. The first-order valence-corrected chi connectivity index (χ1v) is 5.28. The third-order valence-electron chi connectivity index (χ3n) is 2.73. The summed E-state index contributed by atoms with van der Waals surface area (Å²) < 4.78 is 2.38. The number of aryl methyl sites for hydroxylation is 1. The molecule has 2 heterocycles. The van der Waals surface area contributed by atoms with Crippen molar-refractivity contribution in [1.82, 2.24) is 14.9 Å². The first-order valence-electron chi connectivity index (χ1n) is 5.28. The summed E-state index contributed by atoms with van der Waals surface area (Å²) in [5.74, 6) is 1.14. The summed E-state index contributed by atoms with van der Waals surface area (Å²) in [6, 6.07) is 0. The van der Waals surface area contributed by atoms with Crippen molar-refractivity contribution in [3.8, 4) is 0 Å². The van der Waals surface area contributed by atoms with Gasteiger partial charge in [-0.25, -0.2) is 4.98 Å². The van der Waals surface area contributed by atoms with Crippen molar-refractivity contribution in [2.75, 3.05) is 6.54 Å². The van der Waals surface area contributed by atoms with Crippen molar-refractivity contribution in [3.63, 3.8) is 0 Å². The summed E-state index contributed by atoms with van der Waals surface area (Å²) in [6.07, 6.45) is 1.10. The molecule has 0 unspecified atom stereocenters. The lowest BCUT2D eigenvalue weighted by Gasteiger charge is -2.27. The summed E-state index contributed by atoms with van der Waals surface area (Å²) in [7, 11) is 0. The second-order valence-electron chi connectivity index (χ2n) is 4.99. The topological polar surface area (TPSA) is 29.9 Å². The van der Waals surface area contributed by atoms with Crippen LogP contribution in [-0.2, 0) is 18.5 Å². The van der Waals surface area contributed by atoms with Gasteiger partial charge >= 0.3 is 0 Å². The van der Waals surface area contributed by atoms with E-state index in [-0.39, 0.29) is 5.54 Å². The maximum absolute atomic E-state index is 4.62. The zero-order valence-electron chi connectivity index (χ0n) is 9.52. The second kappa shape index (κ2) is 3.09. The van der Waals surface area contributed by atoms with E-state index in [9.17, 15) is 0 Å². The molecule has 78 valence electrons. The van der Waals surface area contributed by atoms with E-state index in [4.69, 9.17) is 0 Å². The van der Waals surface area contributed by atoms with Crippen LogP contribution in [0.5, 0.6) is 0 Å². The quantitative estimate of drug-likeness (QED) is 0.678. The van der Waals surface area contributed by atoms with Crippen molar-refractivity contribution >= 4 is 0 Å². The highest BCUT2D eigenvalue weighted by atomic mass is 15.2. The molecule has 0 aliphatic carbocycles. The minimum absolute atomic E-state index is 0.155. The van der Waals surface area contributed by atoms with Crippen LogP contribution in [0, 0.1) is 6.92 Å². The molecule has 0 radical (unpaired) electrons. The van der Waals surface area contributed by atoms with Gasteiger partial charge in [-0.05, 0) is 27.7 Å². The predicted molar refractivity (Wildman–Crippen MR) is 57.4 cm³/mol. The summed E-state index contributed by atoms with van der Waals surface area (Å²) in [4.78, 5) is 4.62. The van der Waals surface area contributed by atoms with Crippen LogP contribution in [0.1, 0.15) is 38.0 Å². The Morgan fingerprint density at radius 3 is 2.71 bits per heavy atom. The fourth-order valence-corrected chi connectivity index (χ4v) is 2.34. The Kier molecular flexibility index (Phi) is 2.14. The smallest absolute Gasteiger partial charge is 0.106 e. The van der Waals surface area contributed by atoms with E-state index in [1.54, 1.807) is 0 Å². The van der Waals surface area contributed by atoms with Gasteiger partial charge in [0.25, 0.3) is 0 Å². The number of imidazole rings is 1. The van der Waals surface area contributed by atoms with E-state index in [2.05, 4.69) is 42.6 Å². The Morgan fingerprint density at radius 1 is 1.36 bits per heavy atom. The van der Waals surface area contributed by atoms with Crippen LogP contribution in [0.15, 0.2) is 0 Å². The molecule has 3 nitrogen and oxygen atoms in total. The SMILES string of the molecule is Cc1nc2c(n1C(C)(C)C)CCNC2. The van der Waals surface area contributed by atoms with Crippen LogP contribution in [0.2, 0.25) is 0 Å². The maximum Gasteiger partial charge on any atom is 0.106 e. The Hall–Kier alpha value is -0.830. The Labute approximate surface area is 85.5 Å². The Morgan fingerprint density at radius 2 is 2.07 bits per heavy atom. The molecule has 0 saturated heterocycles. The minimum Gasteiger partial charge on any atom is -0.327 e. The summed E-state index contributed by atoms with van der Waals surface area (Å²) >= 11 is 0. The first kappa shape index (κ1) is 9.71. The van der Waals surface area contributed by atoms with Gasteiger partial charge in [-0.3, -0.25) is 0 Å². The molecule has 1 N–H and O–H groups in total. The number of hydrogen-bond donors (Lipinski definition) is 1. The maximum atomic E-state index is 4.62. The first-order chi connectivity index (χ1) is 6.50. The Balaban J connectivity index is 2.53. The normalized spacial score (nSPS) is 16.9. The highest BCUT2D eigenvalue weighted by Crippen LogP contribution is 2.24. The lowest BCUT2D eigenvalue weighted by molar-refractivity contribution is 0.372. The van der Waals surface area contributed by atoms with Crippen LogP contribution >= 0.6 is 0 Å². The molecule has 14 heavy (non-hydrogen) atoms. The fraction of sp³-hybridized carbons (Fsp3) is 0.727. The van der Waals surface area contributed by atoms with Crippen LogP contribution in [-0.4, -0.2) is 16.1 Å². The van der Waals surface area contributed by atoms with Gasteiger partial charge in [-0.1, -0.05) is 0 Å². The molecule has 0 saturated carbocycles. The molecule has 0 aromatic carbocycles. The van der Waals surface area contributed by atoms with Crippen molar-refractivity contribution in [1.29, 1.82) is 0 Å². The van der Waals surface area contributed by atoms with Gasteiger partial charge in [0, 0.05) is 30.7 Å². The highest BCUT2D eigenvalue weighted by molar-refractivity contribution is 5.21. The fourth-order valence-electron chi connectivity index (χ4n) is 2.34. The largest absolute Gasteiger partial charge is 0.327 e. The lowest BCUT2D eigenvalue weighted by Crippen LogP contribution is -2.30. The molecular weight excluding hydrogens is 174 g/mol. The van der Waals surface area contributed by atoms with E-state index < -0.39 is 0 Å². The second-order valence-corrected chi connectivity index (χ2v) is 4.99. The number of rotatable bonds is 0. The van der Waals surface area contributed by atoms with Gasteiger partial charge in [0.05, 0.1) is 5.69 Å². The van der Waals surface area contributed by atoms with Gasteiger partial charge in [0.15, 0.2) is 0 Å². The molecule has 1 aromatic rings. The van der Waals surface area contributed by atoms with E-state index in [0.717, 1.165) is 25.3 Å². The summed E-state index contributed by atoms with van der Waals surface area (Å²) in [5, 5.41) is 3.36. The monoisotopic (exact) mass is 193 g/mol. The zero-order chi connectivity index (χ0) is 10.3. The molecule has 1 aliphatic rings. The van der Waals surface area contributed by atoms with Crippen LogP contribution in [0.25, 0.3) is 0 Å². The summed E-state index contributed by atoms with van der Waals surface area (Å²) in [5.41, 5.74) is 2.82. The van der Waals surface area contributed by atoms with Crippen molar-refractivity contribution in [2.45, 2.75) is 46.2 Å². The van der Waals surface area contributed by atoms with Gasteiger partial charge in [0.1, 0.15) is 5.82 Å². The van der Waals surface area contributed by atoms with Gasteiger partial charge in [0.2, 0.25) is 0 Å². The van der Waals surface area contributed by atoms with E-state index in [0.29, 0.717) is 0 Å². The van der Waals surface area contributed by atoms with Crippen LogP contribution in [0.3, 0.4) is 0 Å². The van der Waals surface area contributed by atoms with E-state index >= 15 is 0 Å². The standard InChI is InChI=1S/C11H19N3/c1-8-13-9-7-12-6-5-10(9)14(8)11(2,3)4/h12H,5-7H2,1-4H3. The number of fused-ring (bicyclic) bond motifs is 1. The molecule has 1 aliphatic heterocycles. The number of aromatic nitrogens is 2. The van der Waals surface area contributed by atoms with Gasteiger partial charge < -0.3 is 9.88 Å². The average Bonchev–Trinajstić information content (AvgIpc) is 2.38. The average molecular weight is 193 g/mol.